The van der Waals surface area contributed by atoms with Gasteiger partial charge < -0.3 is 4.74 Å². The van der Waals surface area contributed by atoms with E-state index in [0.29, 0.717) is 17.5 Å². The van der Waals surface area contributed by atoms with Gasteiger partial charge in [0.15, 0.2) is 0 Å². The highest BCUT2D eigenvalue weighted by atomic mass is 35.5. The number of hydrogen-bond acceptors (Lipinski definition) is 3. The zero-order chi connectivity index (χ0) is 13.1. The summed E-state index contributed by atoms with van der Waals surface area (Å²) < 4.78 is 5.78. The Labute approximate surface area is 112 Å². The molecule has 4 heteroatoms. The molecule has 18 heavy (non-hydrogen) atoms. The second-order valence-corrected chi connectivity index (χ2v) is 4.56. The second-order valence-electron chi connectivity index (χ2n) is 4.29. The maximum Gasteiger partial charge on any atom is 0.238 e. The molecule has 1 aromatic heterocycles. The number of ether oxygens (including phenoxy) is 1. The Morgan fingerprint density at radius 2 is 1.94 bits per heavy atom. The van der Waals surface area contributed by atoms with Crippen molar-refractivity contribution in [2.75, 3.05) is 0 Å². The number of rotatable bonds is 3. The van der Waals surface area contributed by atoms with E-state index in [9.17, 15) is 0 Å². The predicted molar refractivity (Wildman–Crippen MR) is 72.3 cm³/mol. The van der Waals surface area contributed by atoms with Crippen molar-refractivity contribution in [3.63, 3.8) is 0 Å². The molecule has 0 aliphatic rings. The largest absolute Gasteiger partial charge is 0.437 e. The van der Waals surface area contributed by atoms with E-state index < -0.39 is 0 Å². The summed E-state index contributed by atoms with van der Waals surface area (Å²) in [5.41, 5.74) is 4.18. The molecular formula is C14H15ClN2O. The van der Waals surface area contributed by atoms with Gasteiger partial charge in [-0.1, -0.05) is 6.07 Å². The lowest BCUT2D eigenvalue weighted by molar-refractivity contribution is 0.454. The average molecular weight is 263 g/mol. The van der Waals surface area contributed by atoms with E-state index in [-0.39, 0.29) is 0 Å². The van der Waals surface area contributed by atoms with Crippen LogP contribution in [0.3, 0.4) is 0 Å². The lowest BCUT2D eigenvalue weighted by atomic mass is 10.1. The van der Waals surface area contributed by atoms with E-state index >= 15 is 0 Å². The standard InChI is InChI=1S/C14H15ClN2O/c1-9-4-10(2)11(3)13(5-9)18-14-8-16-7-12(6-15)17-14/h4-5,7-8H,6H2,1-3H3. The molecule has 1 aromatic carbocycles. The molecule has 0 unspecified atom stereocenters. The van der Waals surface area contributed by atoms with Crippen LogP contribution >= 0.6 is 11.6 Å². The molecule has 0 aliphatic carbocycles. The van der Waals surface area contributed by atoms with Crippen molar-refractivity contribution in [3.8, 4) is 11.6 Å². The summed E-state index contributed by atoms with van der Waals surface area (Å²) in [6.07, 6.45) is 3.22. The van der Waals surface area contributed by atoms with E-state index in [1.807, 2.05) is 19.9 Å². The lowest BCUT2D eigenvalue weighted by Gasteiger charge is -2.11. The highest BCUT2D eigenvalue weighted by Crippen LogP contribution is 2.27. The quantitative estimate of drug-likeness (QED) is 0.786. The molecule has 0 amide bonds. The Bertz CT molecular complexity index is 570. The van der Waals surface area contributed by atoms with Crippen LogP contribution in [0.2, 0.25) is 0 Å². The van der Waals surface area contributed by atoms with Gasteiger partial charge in [-0.15, -0.1) is 11.6 Å². The molecule has 0 radical (unpaired) electrons. The van der Waals surface area contributed by atoms with Crippen LogP contribution < -0.4 is 4.74 Å². The molecule has 1 heterocycles. The maximum atomic E-state index is 5.78. The van der Waals surface area contributed by atoms with Crippen molar-refractivity contribution in [2.45, 2.75) is 26.7 Å². The number of hydrogen-bond donors (Lipinski definition) is 0. The van der Waals surface area contributed by atoms with Gasteiger partial charge in [0, 0.05) is 6.20 Å². The van der Waals surface area contributed by atoms with E-state index in [2.05, 4.69) is 23.0 Å². The molecule has 2 aromatic rings. The summed E-state index contributed by atoms with van der Waals surface area (Å²) in [5, 5.41) is 0. The van der Waals surface area contributed by atoms with Crippen molar-refractivity contribution in [2.24, 2.45) is 0 Å². The number of alkyl halides is 1. The number of aromatic nitrogens is 2. The molecular weight excluding hydrogens is 248 g/mol. The van der Waals surface area contributed by atoms with Crippen LogP contribution in [0.15, 0.2) is 24.5 Å². The van der Waals surface area contributed by atoms with Crippen molar-refractivity contribution < 1.29 is 4.74 Å². The van der Waals surface area contributed by atoms with Crippen LogP contribution in [0.5, 0.6) is 11.6 Å². The summed E-state index contributed by atoms with van der Waals surface area (Å²) in [6, 6.07) is 4.13. The maximum absolute atomic E-state index is 5.78. The third-order valence-electron chi connectivity index (χ3n) is 2.78. The number of nitrogens with zero attached hydrogens (tertiary/aromatic N) is 2. The number of halogens is 1. The molecule has 0 atom stereocenters. The molecule has 0 fully saturated rings. The highest BCUT2D eigenvalue weighted by Gasteiger charge is 2.07. The molecule has 0 spiro atoms. The summed E-state index contributed by atoms with van der Waals surface area (Å²) in [7, 11) is 0. The van der Waals surface area contributed by atoms with Gasteiger partial charge in [-0.3, -0.25) is 4.98 Å². The minimum absolute atomic E-state index is 0.329. The summed E-state index contributed by atoms with van der Waals surface area (Å²) in [4.78, 5) is 8.32. The Balaban J connectivity index is 2.33. The van der Waals surface area contributed by atoms with Crippen molar-refractivity contribution in [1.29, 1.82) is 0 Å². The van der Waals surface area contributed by atoms with Crippen LogP contribution in [-0.4, -0.2) is 9.97 Å². The Kier molecular flexibility index (Phi) is 3.82. The van der Waals surface area contributed by atoms with Crippen molar-refractivity contribution in [1.82, 2.24) is 9.97 Å². The Hall–Kier alpha value is -1.61. The second kappa shape index (κ2) is 5.36. The highest BCUT2D eigenvalue weighted by molar-refractivity contribution is 6.16. The van der Waals surface area contributed by atoms with Gasteiger partial charge in [0.25, 0.3) is 0 Å². The van der Waals surface area contributed by atoms with Gasteiger partial charge >= 0.3 is 0 Å². The van der Waals surface area contributed by atoms with Gasteiger partial charge in [0.05, 0.1) is 17.8 Å². The van der Waals surface area contributed by atoms with E-state index in [4.69, 9.17) is 16.3 Å². The fourth-order valence-electron chi connectivity index (χ4n) is 1.72. The normalized spacial score (nSPS) is 10.4. The van der Waals surface area contributed by atoms with E-state index in [1.165, 1.54) is 5.56 Å². The molecule has 0 aliphatic heterocycles. The van der Waals surface area contributed by atoms with Crippen molar-refractivity contribution >= 4 is 11.6 Å². The van der Waals surface area contributed by atoms with Gasteiger partial charge in [0.2, 0.25) is 5.88 Å². The third-order valence-corrected chi connectivity index (χ3v) is 3.05. The van der Waals surface area contributed by atoms with Crippen molar-refractivity contribution in [3.05, 3.63) is 46.9 Å². The Morgan fingerprint density at radius 3 is 2.67 bits per heavy atom. The first-order valence-electron chi connectivity index (χ1n) is 5.72. The molecule has 0 saturated carbocycles. The summed E-state index contributed by atoms with van der Waals surface area (Å²) in [6.45, 7) is 6.14. The van der Waals surface area contributed by atoms with Gasteiger partial charge in [-0.2, -0.15) is 0 Å². The molecule has 3 nitrogen and oxygen atoms in total. The molecule has 94 valence electrons. The van der Waals surface area contributed by atoms with Crippen LogP contribution in [0.1, 0.15) is 22.4 Å². The first-order chi connectivity index (χ1) is 8.60. The van der Waals surface area contributed by atoms with Crippen LogP contribution in [0.4, 0.5) is 0 Å². The van der Waals surface area contributed by atoms with Crippen LogP contribution in [0.25, 0.3) is 0 Å². The predicted octanol–water partition coefficient (Wildman–Crippen LogP) is 3.93. The summed E-state index contributed by atoms with van der Waals surface area (Å²) in [5.74, 6) is 1.62. The molecule has 0 bridgehead atoms. The van der Waals surface area contributed by atoms with Crippen LogP contribution in [-0.2, 0) is 5.88 Å². The molecule has 0 saturated heterocycles. The van der Waals surface area contributed by atoms with Crippen LogP contribution in [0, 0.1) is 20.8 Å². The third kappa shape index (κ3) is 2.79. The number of benzene rings is 1. The minimum atomic E-state index is 0.329. The zero-order valence-corrected chi connectivity index (χ0v) is 11.5. The fraction of sp³-hybridized carbons (Fsp3) is 0.286. The van der Waals surface area contributed by atoms with E-state index in [1.54, 1.807) is 12.4 Å². The van der Waals surface area contributed by atoms with Gasteiger partial charge in [-0.05, 0) is 43.5 Å². The minimum Gasteiger partial charge on any atom is -0.437 e. The fourth-order valence-corrected chi connectivity index (χ4v) is 1.85. The average Bonchev–Trinajstić information content (AvgIpc) is 2.35. The van der Waals surface area contributed by atoms with Gasteiger partial charge in [-0.25, -0.2) is 4.98 Å². The molecule has 0 N–H and O–H groups in total. The summed E-state index contributed by atoms with van der Waals surface area (Å²) >= 11 is 5.73. The van der Waals surface area contributed by atoms with Gasteiger partial charge in [0.1, 0.15) is 5.75 Å². The lowest BCUT2D eigenvalue weighted by Crippen LogP contribution is -1.96. The Morgan fingerprint density at radius 1 is 1.17 bits per heavy atom. The monoisotopic (exact) mass is 262 g/mol. The first kappa shape index (κ1) is 12.8. The zero-order valence-electron chi connectivity index (χ0n) is 10.7. The first-order valence-corrected chi connectivity index (χ1v) is 6.26. The number of aryl methyl sites for hydroxylation is 2. The SMILES string of the molecule is Cc1cc(C)c(C)c(Oc2cncc(CCl)n2)c1. The topological polar surface area (TPSA) is 35.0 Å². The molecule has 2 rings (SSSR count). The smallest absolute Gasteiger partial charge is 0.238 e. The van der Waals surface area contributed by atoms with E-state index in [0.717, 1.165) is 16.9 Å².